The summed E-state index contributed by atoms with van der Waals surface area (Å²) in [7, 11) is 1.55. The number of amides is 1. The topological polar surface area (TPSA) is 63.2 Å². The van der Waals surface area contributed by atoms with Gasteiger partial charge >= 0.3 is 0 Å². The monoisotopic (exact) mass is 385 g/mol. The number of pyridine rings is 1. The number of halogens is 1. The van der Waals surface area contributed by atoms with E-state index in [-0.39, 0.29) is 5.91 Å². The first-order chi connectivity index (χ1) is 13.2. The number of anilines is 2. The molecule has 2 aromatic rings. The second-order valence-corrected chi connectivity index (χ2v) is 6.95. The van der Waals surface area contributed by atoms with E-state index in [1.165, 1.54) is 31.3 Å². The van der Waals surface area contributed by atoms with E-state index >= 15 is 0 Å². The summed E-state index contributed by atoms with van der Waals surface area (Å²) in [6.07, 6.45) is 10.0. The molecule has 0 aliphatic heterocycles. The Hall–Kier alpha value is -2.53. The third-order valence-corrected chi connectivity index (χ3v) is 4.80. The fraction of sp³-hybridized carbons (Fsp3) is 0.333. The standard InChI is InChI=1S/C21H24ClN3O2/c1-27-20-8-7-16(22)13-18(20)25-21(26)19-14-17(10-12-24-19)23-11-9-15-5-3-2-4-6-15/h5,7-8,10,12-14H,2-4,6,9,11H2,1H3,(H,23,24)(H,25,26). The maximum absolute atomic E-state index is 12.6. The Labute approximate surface area is 164 Å². The molecule has 1 amide bonds. The van der Waals surface area contributed by atoms with Gasteiger partial charge < -0.3 is 15.4 Å². The Kier molecular flexibility index (Phi) is 6.71. The lowest BCUT2D eigenvalue weighted by Gasteiger charge is -2.14. The smallest absolute Gasteiger partial charge is 0.274 e. The molecule has 0 atom stereocenters. The minimum Gasteiger partial charge on any atom is -0.495 e. The van der Waals surface area contributed by atoms with E-state index in [9.17, 15) is 4.79 Å². The number of rotatable bonds is 7. The summed E-state index contributed by atoms with van der Waals surface area (Å²) in [5.41, 5.74) is 3.25. The second kappa shape index (κ2) is 9.42. The van der Waals surface area contributed by atoms with Crippen LogP contribution < -0.4 is 15.4 Å². The van der Waals surface area contributed by atoms with E-state index in [0.29, 0.717) is 22.2 Å². The number of carbonyl (C=O) groups excluding carboxylic acids is 1. The molecule has 1 heterocycles. The normalized spacial score (nSPS) is 13.6. The van der Waals surface area contributed by atoms with Crippen LogP contribution in [0.5, 0.6) is 5.75 Å². The Morgan fingerprint density at radius 1 is 1.26 bits per heavy atom. The van der Waals surface area contributed by atoms with Gasteiger partial charge in [-0.2, -0.15) is 0 Å². The zero-order chi connectivity index (χ0) is 19.1. The van der Waals surface area contributed by atoms with Gasteiger partial charge in [-0.25, -0.2) is 0 Å². The minimum atomic E-state index is -0.311. The first-order valence-electron chi connectivity index (χ1n) is 9.18. The van der Waals surface area contributed by atoms with Crippen molar-refractivity contribution >= 4 is 28.9 Å². The zero-order valence-electron chi connectivity index (χ0n) is 15.4. The largest absolute Gasteiger partial charge is 0.495 e. The molecule has 142 valence electrons. The van der Waals surface area contributed by atoms with Gasteiger partial charge in [-0.15, -0.1) is 0 Å². The van der Waals surface area contributed by atoms with Crippen LogP contribution in [0.2, 0.25) is 5.02 Å². The molecule has 0 bridgehead atoms. The highest BCUT2D eigenvalue weighted by atomic mass is 35.5. The van der Waals surface area contributed by atoms with Crippen molar-refractivity contribution in [2.45, 2.75) is 32.1 Å². The minimum absolute atomic E-state index is 0.311. The quantitative estimate of drug-likeness (QED) is 0.635. The number of allylic oxidation sites excluding steroid dienone is 1. The number of methoxy groups -OCH3 is 1. The molecule has 27 heavy (non-hydrogen) atoms. The molecule has 6 heteroatoms. The SMILES string of the molecule is COc1ccc(Cl)cc1NC(=O)c1cc(NCCC2=CCCCC2)ccn1. The highest BCUT2D eigenvalue weighted by Crippen LogP contribution is 2.28. The molecule has 1 aromatic carbocycles. The number of nitrogens with one attached hydrogen (secondary N) is 2. The summed E-state index contributed by atoms with van der Waals surface area (Å²) in [5, 5.41) is 6.70. The van der Waals surface area contributed by atoms with E-state index in [1.54, 1.807) is 37.6 Å². The molecule has 1 aliphatic rings. The van der Waals surface area contributed by atoms with Crippen molar-refractivity contribution in [3.8, 4) is 5.75 Å². The predicted molar refractivity (Wildman–Crippen MR) is 110 cm³/mol. The molecule has 1 aromatic heterocycles. The van der Waals surface area contributed by atoms with Crippen LogP contribution in [0, 0.1) is 0 Å². The van der Waals surface area contributed by atoms with Crippen LogP contribution in [0.15, 0.2) is 48.2 Å². The van der Waals surface area contributed by atoms with Gasteiger partial charge in [0.15, 0.2) is 0 Å². The summed E-state index contributed by atoms with van der Waals surface area (Å²) in [6.45, 7) is 0.846. The average Bonchev–Trinajstić information content (AvgIpc) is 2.69. The van der Waals surface area contributed by atoms with Crippen LogP contribution in [0.4, 0.5) is 11.4 Å². The lowest BCUT2D eigenvalue weighted by atomic mass is 9.97. The number of hydrogen-bond donors (Lipinski definition) is 2. The van der Waals surface area contributed by atoms with Crippen molar-refractivity contribution in [3.63, 3.8) is 0 Å². The Bertz CT molecular complexity index is 836. The van der Waals surface area contributed by atoms with Gasteiger partial charge in [0, 0.05) is 23.5 Å². The fourth-order valence-electron chi connectivity index (χ4n) is 3.13. The van der Waals surface area contributed by atoms with Crippen LogP contribution in [0.1, 0.15) is 42.6 Å². The maximum Gasteiger partial charge on any atom is 0.274 e. The van der Waals surface area contributed by atoms with Gasteiger partial charge in [0.05, 0.1) is 12.8 Å². The molecule has 3 rings (SSSR count). The molecule has 0 saturated carbocycles. The molecule has 0 radical (unpaired) electrons. The van der Waals surface area contributed by atoms with Crippen molar-refractivity contribution in [1.29, 1.82) is 0 Å². The number of aromatic nitrogens is 1. The van der Waals surface area contributed by atoms with Gasteiger partial charge in [-0.1, -0.05) is 23.3 Å². The van der Waals surface area contributed by atoms with Crippen molar-refractivity contribution in [1.82, 2.24) is 4.98 Å². The van der Waals surface area contributed by atoms with E-state index in [4.69, 9.17) is 16.3 Å². The van der Waals surface area contributed by atoms with Gasteiger partial charge in [-0.3, -0.25) is 9.78 Å². The molecule has 0 unspecified atom stereocenters. The lowest BCUT2D eigenvalue weighted by Crippen LogP contribution is -2.15. The molecule has 1 aliphatic carbocycles. The summed E-state index contributed by atoms with van der Waals surface area (Å²) >= 11 is 6.01. The first kappa shape index (κ1) is 19.2. The third-order valence-electron chi connectivity index (χ3n) is 4.56. The van der Waals surface area contributed by atoms with Crippen LogP contribution in [0.25, 0.3) is 0 Å². The summed E-state index contributed by atoms with van der Waals surface area (Å²) in [6, 6.07) is 8.69. The fourth-order valence-corrected chi connectivity index (χ4v) is 3.30. The van der Waals surface area contributed by atoms with E-state index < -0.39 is 0 Å². The predicted octanol–water partition coefficient (Wildman–Crippen LogP) is 5.30. The van der Waals surface area contributed by atoms with Crippen molar-refractivity contribution in [2.75, 3.05) is 24.3 Å². The summed E-state index contributed by atoms with van der Waals surface area (Å²) < 4.78 is 5.26. The number of ether oxygens (including phenoxy) is 1. The first-order valence-corrected chi connectivity index (χ1v) is 9.56. The van der Waals surface area contributed by atoms with E-state index in [0.717, 1.165) is 18.7 Å². The van der Waals surface area contributed by atoms with Crippen LogP contribution in [0.3, 0.4) is 0 Å². The Morgan fingerprint density at radius 3 is 2.93 bits per heavy atom. The highest BCUT2D eigenvalue weighted by molar-refractivity contribution is 6.31. The number of nitrogens with zero attached hydrogens (tertiary/aromatic N) is 1. The van der Waals surface area contributed by atoms with Crippen molar-refractivity contribution in [2.24, 2.45) is 0 Å². The summed E-state index contributed by atoms with van der Waals surface area (Å²) in [4.78, 5) is 16.7. The van der Waals surface area contributed by atoms with Crippen LogP contribution in [-0.4, -0.2) is 24.5 Å². The lowest BCUT2D eigenvalue weighted by molar-refractivity contribution is 0.102. The second-order valence-electron chi connectivity index (χ2n) is 6.51. The molecule has 2 N–H and O–H groups in total. The maximum atomic E-state index is 12.6. The van der Waals surface area contributed by atoms with Gasteiger partial charge in [0.2, 0.25) is 0 Å². The van der Waals surface area contributed by atoms with Gasteiger partial charge in [-0.05, 0) is 62.4 Å². The van der Waals surface area contributed by atoms with Gasteiger partial charge in [0.1, 0.15) is 11.4 Å². The third kappa shape index (κ3) is 5.47. The Balaban J connectivity index is 1.61. The van der Waals surface area contributed by atoms with Gasteiger partial charge in [0.25, 0.3) is 5.91 Å². The summed E-state index contributed by atoms with van der Waals surface area (Å²) in [5.74, 6) is 0.233. The molecule has 0 saturated heterocycles. The zero-order valence-corrected chi connectivity index (χ0v) is 16.2. The number of benzene rings is 1. The Morgan fingerprint density at radius 2 is 2.15 bits per heavy atom. The van der Waals surface area contributed by atoms with Crippen molar-refractivity contribution < 1.29 is 9.53 Å². The molecule has 0 fully saturated rings. The molecular formula is C21H24ClN3O2. The average molecular weight is 386 g/mol. The molecule has 0 spiro atoms. The molecule has 5 nitrogen and oxygen atoms in total. The number of carbonyl (C=O) groups is 1. The van der Waals surface area contributed by atoms with Crippen LogP contribution in [-0.2, 0) is 0 Å². The molecular weight excluding hydrogens is 362 g/mol. The van der Waals surface area contributed by atoms with Crippen LogP contribution >= 0.6 is 11.6 Å². The highest BCUT2D eigenvalue weighted by Gasteiger charge is 2.12. The van der Waals surface area contributed by atoms with E-state index in [1.807, 2.05) is 6.07 Å². The van der Waals surface area contributed by atoms with Crippen molar-refractivity contribution in [3.05, 3.63) is 58.9 Å². The van der Waals surface area contributed by atoms with E-state index in [2.05, 4.69) is 21.7 Å². The number of hydrogen-bond acceptors (Lipinski definition) is 4.